The Hall–Kier alpha value is -1.27. The maximum Gasteiger partial charge on any atom is 0.187 e. The van der Waals surface area contributed by atoms with E-state index >= 15 is 0 Å². The summed E-state index contributed by atoms with van der Waals surface area (Å²) in [6.45, 7) is 0. The fourth-order valence-electron chi connectivity index (χ4n) is 1.67. The lowest BCUT2D eigenvalue weighted by Crippen LogP contribution is -1.86. The van der Waals surface area contributed by atoms with Crippen LogP contribution in [0.25, 0.3) is 21.9 Å². The molecule has 1 N–H and O–H groups in total. The average Bonchev–Trinajstić information content (AvgIpc) is 2.54. The Morgan fingerprint density at radius 2 is 2.12 bits per heavy atom. The van der Waals surface area contributed by atoms with Gasteiger partial charge in [-0.2, -0.15) is 0 Å². The number of benzene rings is 1. The summed E-state index contributed by atoms with van der Waals surface area (Å²) in [5.74, 6) is -0.351. The third kappa shape index (κ3) is 1.37. The van der Waals surface area contributed by atoms with E-state index in [1.807, 2.05) is 0 Å². The molecule has 6 heteroatoms. The number of rotatable bonds is 0. The maximum absolute atomic E-state index is 13.1. The van der Waals surface area contributed by atoms with Gasteiger partial charge in [0.05, 0.1) is 10.9 Å². The first-order valence-corrected chi connectivity index (χ1v) is 5.33. The van der Waals surface area contributed by atoms with Crippen LogP contribution in [-0.4, -0.2) is 15.0 Å². The van der Waals surface area contributed by atoms with Gasteiger partial charge >= 0.3 is 0 Å². The second-order valence-electron chi connectivity index (χ2n) is 3.30. The van der Waals surface area contributed by atoms with Gasteiger partial charge in [-0.1, -0.05) is 0 Å². The molecule has 0 atom stereocenters. The molecule has 0 saturated heterocycles. The molecule has 1 radical (unpaired) electrons. The van der Waals surface area contributed by atoms with E-state index in [-0.39, 0.29) is 5.82 Å². The largest absolute Gasteiger partial charge is 0.339 e. The number of halogens is 1. The highest BCUT2D eigenvalue weighted by Gasteiger charge is 2.11. The number of thiol groups is 2. The summed E-state index contributed by atoms with van der Waals surface area (Å²) in [5, 5.41) is 2.16. The minimum absolute atomic E-state index is 0.324. The molecular weight excluding hydrogens is 245 g/mol. The Balaban J connectivity index is 2.57. The number of fused-ring (bicyclic) bond motifs is 3. The van der Waals surface area contributed by atoms with Crippen molar-refractivity contribution in [2.75, 3.05) is 0 Å². The lowest BCUT2D eigenvalue weighted by Gasteiger charge is -1.96. The number of hydrogen-bond acceptors (Lipinski definition) is 4. The molecule has 3 nitrogen and oxygen atoms in total. The van der Waals surface area contributed by atoms with E-state index in [4.69, 9.17) is 0 Å². The molecule has 0 spiro atoms. The predicted molar refractivity (Wildman–Crippen MR) is 64.7 cm³/mol. The summed E-state index contributed by atoms with van der Waals surface area (Å²) in [5.41, 5.74) is 1.27. The molecule has 0 saturated carbocycles. The highest BCUT2D eigenvalue weighted by molar-refractivity contribution is 7.81. The number of hydrogen-bond donors (Lipinski definition) is 3. The van der Waals surface area contributed by atoms with E-state index in [1.54, 1.807) is 0 Å². The maximum atomic E-state index is 13.1. The molecule has 1 aromatic carbocycles. The molecule has 0 aliphatic heterocycles. The zero-order valence-electron chi connectivity index (χ0n) is 7.82. The van der Waals surface area contributed by atoms with Crippen LogP contribution in [0, 0.1) is 11.9 Å². The Kier molecular flexibility index (Phi) is 2.08. The van der Waals surface area contributed by atoms with Crippen LogP contribution in [0.2, 0.25) is 0 Å². The van der Waals surface area contributed by atoms with Crippen LogP contribution in [0.1, 0.15) is 0 Å². The molecule has 79 valence electrons. The SMILES string of the molecule is Fc1c[c]c2[nH]c3nc(S)nc(S)c3c2c1. The first-order valence-electron chi connectivity index (χ1n) is 4.44. The number of nitrogens with zero attached hydrogens (tertiary/aromatic N) is 2. The third-order valence-electron chi connectivity index (χ3n) is 2.30. The van der Waals surface area contributed by atoms with E-state index in [2.05, 4.69) is 46.3 Å². The minimum Gasteiger partial charge on any atom is -0.339 e. The molecule has 16 heavy (non-hydrogen) atoms. The van der Waals surface area contributed by atoms with Crippen molar-refractivity contribution in [3.8, 4) is 0 Å². The highest BCUT2D eigenvalue weighted by atomic mass is 32.1. The van der Waals surface area contributed by atoms with E-state index in [0.29, 0.717) is 32.1 Å². The molecule has 3 rings (SSSR count). The third-order valence-corrected chi connectivity index (χ3v) is 2.82. The molecule has 0 aliphatic rings. The first-order chi connectivity index (χ1) is 7.65. The predicted octanol–water partition coefficient (Wildman–Crippen LogP) is 2.63. The van der Waals surface area contributed by atoms with Crippen LogP contribution in [0.3, 0.4) is 0 Å². The van der Waals surface area contributed by atoms with Crippen molar-refractivity contribution in [2.24, 2.45) is 0 Å². The van der Waals surface area contributed by atoms with Gasteiger partial charge in [0.25, 0.3) is 0 Å². The molecule has 0 unspecified atom stereocenters. The molecule has 0 aliphatic carbocycles. The Morgan fingerprint density at radius 1 is 1.31 bits per heavy atom. The van der Waals surface area contributed by atoms with Gasteiger partial charge in [0.15, 0.2) is 5.16 Å². The molecule has 2 aromatic heterocycles. The monoisotopic (exact) mass is 250 g/mol. The zero-order chi connectivity index (χ0) is 11.3. The number of aromatic amines is 1. The fourth-order valence-corrected chi connectivity index (χ4v) is 2.27. The van der Waals surface area contributed by atoms with Gasteiger partial charge in [-0.05, 0) is 12.1 Å². The van der Waals surface area contributed by atoms with Crippen LogP contribution in [0.5, 0.6) is 0 Å². The van der Waals surface area contributed by atoms with Crippen molar-refractivity contribution < 1.29 is 4.39 Å². The normalized spacial score (nSPS) is 11.4. The topological polar surface area (TPSA) is 41.6 Å². The van der Waals surface area contributed by atoms with Crippen molar-refractivity contribution in [1.29, 1.82) is 0 Å². The highest BCUT2D eigenvalue weighted by Crippen LogP contribution is 2.29. The van der Waals surface area contributed by atoms with E-state index in [9.17, 15) is 4.39 Å². The summed E-state index contributed by atoms with van der Waals surface area (Å²) in [7, 11) is 0. The van der Waals surface area contributed by atoms with E-state index in [0.717, 1.165) is 0 Å². The van der Waals surface area contributed by atoms with Gasteiger partial charge in [-0.15, -0.1) is 25.3 Å². The lowest BCUT2D eigenvalue weighted by atomic mass is 10.2. The van der Waals surface area contributed by atoms with Gasteiger partial charge in [0.1, 0.15) is 16.5 Å². The van der Waals surface area contributed by atoms with Gasteiger partial charge in [-0.3, -0.25) is 0 Å². The zero-order valence-corrected chi connectivity index (χ0v) is 9.61. The summed E-state index contributed by atoms with van der Waals surface area (Å²) in [6.07, 6.45) is 0. The van der Waals surface area contributed by atoms with Crippen LogP contribution >= 0.6 is 25.3 Å². The molecule has 3 aromatic rings. The standard InChI is InChI=1S/C10H5FN3S2/c11-4-1-2-6-5(3-4)7-8(12-6)13-10(16)14-9(7)15/h1,3H,(H3,12,13,14,15,16). The summed E-state index contributed by atoms with van der Waals surface area (Å²) in [4.78, 5) is 11.1. The first kappa shape index (κ1) is 9.92. The van der Waals surface area contributed by atoms with Gasteiger partial charge in [0.2, 0.25) is 0 Å². The number of nitrogens with one attached hydrogen (secondary N) is 1. The average molecular weight is 250 g/mol. The summed E-state index contributed by atoms with van der Waals surface area (Å²) >= 11 is 8.30. The Bertz CT molecular complexity index is 708. The van der Waals surface area contributed by atoms with Gasteiger partial charge in [-0.25, -0.2) is 14.4 Å². The Labute approximate surface area is 101 Å². The molecule has 0 amide bonds. The second-order valence-corrected chi connectivity index (χ2v) is 4.13. The summed E-state index contributed by atoms with van der Waals surface area (Å²) in [6, 6.07) is 5.48. The van der Waals surface area contributed by atoms with E-state index in [1.165, 1.54) is 12.1 Å². The number of aromatic nitrogens is 3. The molecular formula is C10H5FN3S2. The summed E-state index contributed by atoms with van der Waals surface area (Å²) < 4.78 is 13.1. The van der Waals surface area contributed by atoms with Crippen molar-refractivity contribution in [3.05, 3.63) is 24.0 Å². The smallest absolute Gasteiger partial charge is 0.187 e. The molecule has 2 heterocycles. The van der Waals surface area contributed by atoms with Crippen LogP contribution in [-0.2, 0) is 0 Å². The number of H-pyrrole nitrogens is 1. The molecule has 0 fully saturated rings. The van der Waals surface area contributed by atoms with Crippen LogP contribution in [0.4, 0.5) is 4.39 Å². The quantitative estimate of drug-likeness (QED) is 0.326. The van der Waals surface area contributed by atoms with Crippen LogP contribution in [0.15, 0.2) is 22.3 Å². The minimum atomic E-state index is -0.351. The van der Waals surface area contributed by atoms with Crippen LogP contribution < -0.4 is 0 Å². The van der Waals surface area contributed by atoms with Crippen molar-refractivity contribution in [1.82, 2.24) is 15.0 Å². The van der Waals surface area contributed by atoms with Crippen molar-refractivity contribution in [3.63, 3.8) is 0 Å². The van der Waals surface area contributed by atoms with Crippen molar-refractivity contribution in [2.45, 2.75) is 10.2 Å². The molecule has 0 bridgehead atoms. The van der Waals surface area contributed by atoms with E-state index < -0.39 is 0 Å². The second kappa shape index (κ2) is 3.36. The van der Waals surface area contributed by atoms with Gasteiger partial charge < -0.3 is 4.98 Å². The fraction of sp³-hybridized carbons (Fsp3) is 0. The van der Waals surface area contributed by atoms with Crippen molar-refractivity contribution >= 4 is 47.2 Å². The Morgan fingerprint density at radius 3 is 2.94 bits per heavy atom. The van der Waals surface area contributed by atoms with Gasteiger partial charge in [0, 0.05) is 11.5 Å². The lowest BCUT2D eigenvalue weighted by molar-refractivity contribution is 0.629.